The summed E-state index contributed by atoms with van der Waals surface area (Å²) in [6.45, 7) is 8.81. The van der Waals surface area contributed by atoms with Crippen molar-refractivity contribution in [1.82, 2.24) is 0 Å². The summed E-state index contributed by atoms with van der Waals surface area (Å²) >= 11 is 0. The van der Waals surface area contributed by atoms with Gasteiger partial charge in [0.25, 0.3) is 0 Å². The van der Waals surface area contributed by atoms with Crippen LogP contribution in [0.1, 0.15) is 39.7 Å². The predicted molar refractivity (Wildman–Crippen MR) is 90.6 cm³/mol. The first-order valence-corrected chi connectivity index (χ1v) is 8.05. The lowest BCUT2D eigenvalue weighted by molar-refractivity contribution is -0.141. The van der Waals surface area contributed by atoms with Crippen molar-refractivity contribution in [2.75, 3.05) is 11.4 Å². The molecule has 2 rings (SSSR count). The van der Waals surface area contributed by atoms with E-state index in [0.29, 0.717) is 13.0 Å². The van der Waals surface area contributed by atoms with Crippen LogP contribution in [0.15, 0.2) is 24.3 Å². The van der Waals surface area contributed by atoms with Crippen LogP contribution in [0.2, 0.25) is 0 Å². The third kappa shape index (κ3) is 3.07. The summed E-state index contributed by atoms with van der Waals surface area (Å²) in [6, 6.07) is 7.94. The molecule has 1 heterocycles. The lowest BCUT2D eigenvalue weighted by atomic mass is 9.67. The van der Waals surface area contributed by atoms with Crippen molar-refractivity contribution in [2.45, 2.75) is 47.1 Å². The van der Waals surface area contributed by atoms with Gasteiger partial charge in [0, 0.05) is 24.2 Å². The van der Waals surface area contributed by atoms with Gasteiger partial charge in [0.05, 0.1) is 0 Å². The van der Waals surface area contributed by atoms with Gasteiger partial charge in [0.1, 0.15) is 22.8 Å². The minimum Gasteiger partial charge on any atom is -0.367 e. The maximum Gasteiger partial charge on any atom is 0.145 e. The first-order valence-electron chi connectivity index (χ1n) is 8.05. The number of ketones is 3. The van der Waals surface area contributed by atoms with E-state index in [9.17, 15) is 14.4 Å². The summed E-state index contributed by atoms with van der Waals surface area (Å²) in [4.78, 5) is 38.8. The van der Waals surface area contributed by atoms with E-state index in [4.69, 9.17) is 0 Å². The average molecular weight is 315 g/mol. The molecule has 2 unspecified atom stereocenters. The Balaban J connectivity index is 2.51. The Kier molecular flexibility index (Phi) is 4.73. The van der Waals surface area contributed by atoms with Crippen LogP contribution in [-0.2, 0) is 14.4 Å². The summed E-state index contributed by atoms with van der Waals surface area (Å²) in [5, 5.41) is 0. The predicted octanol–water partition coefficient (Wildman–Crippen LogP) is 2.96. The second kappa shape index (κ2) is 6.26. The molecule has 23 heavy (non-hydrogen) atoms. The molecule has 4 nitrogen and oxygen atoms in total. The largest absolute Gasteiger partial charge is 0.367 e. The van der Waals surface area contributed by atoms with Gasteiger partial charge >= 0.3 is 0 Å². The van der Waals surface area contributed by atoms with Crippen molar-refractivity contribution >= 4 is 23.0 Å². The number of carbonyl (C=O) groups excluding carboxylic acids is 3. The highest BCUT2D eigenvalue weighted by atomic mass is 16.2. The molecule has 0 amide bonds. The fourth-order valence-corrected chi connectivity index (χ4v) is 3.57. The smallest absolute Gasteiger partial charge is 0.145 e. The van der Waals surface area contributed by atoms with Crippen molar-refractivity contribution in [2.24, 2.45) is 11.3 Å². The first-order chi connectivity index (χ1) is 10.7. The van der Waals surface area contributed by atoms with Gasteiger partial charge in [-0.1, -0.05) is 17.7 Å². The van der Waals surface area contributed by atoms with E-state index in [-0.39, 0.29) is 29.3 Å². The molecule has 0 radical (unpaired) electrons. The number of nitrogens with zero attached hydrogens (tertiary/aromatic N) is 1. The van der Waals surface area contributed by atoms with Gasteiger partial charge in [-0.25, -0.2) is 0 Å². The molecule has 0 spiro atoms. The van der Waals surface area contributed by atoms with Crippen LogP contribution in [0.25, 0.3) is 0 Å². The molecule has 2 atom stereocenters. The van der Waals surface area contributed by atoms with Crippen molar-refractivity contribution < 1.29 is 14.4 Å². The minimum atomic E-state index is -1.09. The lowest BCUT2D eigenvalue weighted by Gasteiger charge is -2.48. The summed E-state index contributed by atoms with van der Waals surface area (Å²) in [6.07, 6.45) is 0.316. The number of carbonyl (C=O) groups is 3. The second-order valence-electron chi connectivity index (χ2n) is 6.82. The molecule has 4 heteroatoms. The van der Waals surface area contributed by atoms with Gasteiger partial charge in [0.15, 0.2) is 0 Å². The molecule has 1 saturated heterocycles. The zero-order valence-electron chi connectivity index (χ0n) is 14.6. The molecule has 0 saturated carbocycles. The van der Waals surface area contributed by atoms with E-state index in [1.807, 2.05) is 43.0 Å². The molecule has 0 N–H and O–H groups in total. The Bertz CT molecular complexity index is 619. The maximum atomic E-state index is 12.3. The maximum absolute atomic E-state index is 12.3. The second-order valence-corrected chi connectivity index (χ2v) is 6.82. The molecule has 1 aromatic rings. The van der Waals surface area contributed by atoms with Gasteiger partial charge in [-0.3, -0.25) is 14.4 Å². The zero-order valence-corrected chi connectivity index (χ0v) is 14.6. The fraction of sp³-hybridized carbons (Fsp3) is 0.526. The molecule has 1 aliphatic rings. The van der Waals surface area contributed by atoms with Crippen molar-refractivity contribution in [1.29, 1.82) is 0 Å². The van der Waals surface area contributed by atoms with Gasteiger partial charge in [-0.05, 0) is 53.2 Å². The molecule has 1 aliphatic heterocycles. The number of rotatable bonds is 4. The van der Waals surface area contributed by atoms with Crippen LogP contribution >= 0.6 is 0 Å². The average Bonchev–Trinajstić information content (AvgIpc) is 2.47. The van der Waals surface area contributed by atoms with Gasteiger partial charge in [-0.2, -0.15) is 0 Å². The number of hydrogen-bond acceptors (Lipinski definition) is 4. The van der Waals surface area contributed by atoms with E-state index in [1.165, 1.54) is 13.8 Å². The van der Waals surface area contributed by atoms with Gasteiger partial charge in [0.2, 0.25) is 0 Å². The quantitative estimate of drug-likeness (QED) is 0.802. The van der Waals surface area contributed by atoms with Crippen molar-refractivity contribution in [3.63, 3.8) is 0 Å². The number of benzene rings is 1. The SMILES string of the molecule is CC(=O)C1CC(C(C)=O)(C(C)=O)CN(c2ccc(C)cc2)C1C. The molecular formula is C19H25NO3. The Morgan fingerprint density at radius 3 is 2.00 bits per heavy atom. The molecule has 0 aromatic heterocycles. The lowest BCUT2D eigenvalue weighted by Crippen LogP contribution is -2.59. The van der Waals surface area contributed by atoms with Crippen LogP contribution in [-0.4, -0.2) is 29.9 Å². The van der Waals surface area contributed by atoms with Crippen LogP contribution in [0.3, 0.4) is 0 Å². The fourth-order valence-electron chi connectivity index (χ4n) is 3.57. The molecule has 0 bridgehead atoms. The van der Waals surface area contributed by atoms with Crippen LogP contribution in [0.5, 0.6) is 0 Å². The van der Waals surface area contributed by atoms with Crippen molar-refractivity contribution in [3.05, 3.63) is 29.8 Å². The number of aryl methyl sites for hydroxylation is 1. The van der Waals surface area contributed by atoms with Crippen LogP contribution in [0.4, 0.5) is 5.69 Å². The molecule has 1 fully saturated rings. The Hall–Kier alpha value is -1.97. The highest BCUT2D eigenvalue weighted by Crippen LogP contribution is 2.41. The zero-order chi connectivity index (χ0) is 17.4. The Labute approximate surface area is 137 Å². The number of anilines is 1. The molecule has 1 aromatic carbocycles. The minimum absolute atomic E-state index is 0.0289. The summed E-state index contributed by atoms with van der Waals surface area (Å²) in [5.74, 6) is -0.598. The van der Waals surface area contributed by atoms with Crippen LogP contribution in [0, 0.1) is 18.3 Å². The highest BCUT2D eigenvalue weighted by molar-refractivity contribution is 6.06. The van der Waals surface area contributed by atoms with E-state index in [2.05, 4.69) is 0 Å². The van der Waals surface area contributed by atoms with E-state index < -0.39 is 5.41 Å². The Morgan fingerprint density at radius 1 is 1.04 bits per heavy atom. The standard InChI is InChI=1S/C19H25NO3/c1-12-6-8-17(9-7-12)20-11-19(15(4)22,16(5)23)10-18(13(20)2)14(3)21/h6-9,13,18H,10-11H2,1-5H3. The molecule has 124 valence electrons. The van der Waals surface area contributed by atoms with Crippen molar-refractivity contribution in [3.8, 4) is 0 Å². The monoisotopic (exact) mass is 315 g/mol. The summed E-state index contributed by atoms with van der Waals surface area (Å²) in [7, 11) is 0. The highest BCUT2D eigenvalue weighted by Gasteiger charge is 2.50. The molecule has 0 aliphatic carbocycles. The Morgan fingerprint density at radius 2 is 1.57 bits per heavy atom. The first kappa shape index (κ1) is 17.4. The van der Waals surface area contributed by atoms with E-state index in [1.54, 1.807) is 6.92 Å². The van der Waals surface area contributed by atoms with Crippen LogP contribution < -0.4 is 4.90 Å². The number of Topliss-reactive ketones (excluding diaryl/α,β-unsaturated/α-hetero) is 3. The topological polar surface area (TPSA) is 54.5 Å². The molecular weight excluding hydrogens is 290 g/mol. The number of piperidine rings is 1. The third-order valence-corrected chi connectivity index (χ3v) is 5.32. The van der Waals surface area contributed by atoms with E-state index >= 15 is 0 Å². The number of hydrogen-bond donors (Lipinski definition) is 0. The normalized spacial score (nSPS) is 23.4. The van der Waals surface area contributed by atoms with E-state index in [0.717, 1.165) is 11.3 Å². The third-order valence-electron chi connectivity index (χ3n) is 5.32. The van der Waals surface area contributed by atoms with Gasteiger partial charge < -0.3 is 4.90 Å². The van der Waals surface area contributed by atoms with Gasteiger partial charge in [-0.15, -0.1) is 0 Å². The summed E-state index contributed by atoms with van der Waals surface area (Å²) in [5.41, 5.74) is 1.00. The summed E-state index contributed by atoms with van der Waals surface area (Å²) < 4.78 is 0.